The van der Waals surface area contributed by atoms with Gasteiger partial charge in [0.15, 0.2) is 6.61 Å². The van der Waals surface area contributed by atoms with Crippen molar-refractivity contribution in [1.29, 1.82) is 0 Å². The van der Waals surface area contributed by atoms with Crippen molar-refractivity contribution in [1.82, 2.24) is 0 Å². The molecule has 2 aromatic rings. The van der Waals surface area contributed by atoms with E-state index in [2.05, 4.69) is 15.9 Å². The van der Waals surface area contributed by atoms with Crippen molar-refractivity contribution in [3.05, 3.63) is 64.1 Å². The molecule has 0 N–H and O–H groups in total. The molecule has 0 radical (unpaired) electrons. The van der Waals surface area contributed by atoms with E-state index in [0.29, 0.717) is 6.54 Å². The van der Waals surface area contributed by atoms with E-state index in [9.17, 15) is 9.59 Å². The fraction of sp³-hybridized carbons (Fsp3) is 0.263. The van der Waals surface area contributed by atoms with Gasteiger partial charge in [0, 0.05) is 16.7 Å². The maximum absolute atomic E-state index is 12.4. The van der Waals surface area contributed by atoms with Crippen LogP contribution >= 0.6 is 15.9 Å². The molecule has 0 spiro atoms. The number of hydrogen-bond donors (Lipinski definition) is 0. The van der Waals surface area contributed by atoms with Crippen LogP contribution in [0.1, 0.15) is 17.5 Å². The van der Waals surface area contributed by atoms with Gasteiger partial charge >= 0.3 is 5.97 Å². The third kappa shape index (κ3) is 4.03. The zero-order valence-electron chi connectivity index (χ0n) is 13.2. The molecule has 1 heterocycles. The first-order valence-electron chi connectivity index (χ1n) is 7.92. The zero-order chi connectivity index (χ0) is 16.9. The van der Waals surface area contributed by atoms with Gasteiger partial charge in [-0.05, 0) is 42.2 Å². The number of ether oxygens (including phenoxy) is 1. The molecule has 24 heavy (non-hydrogen) atoms. The lowest BCUT2D eigenvalue weighted by Crippen LogP contribution is -2.38. The lowest BCUT2D eigenvalue weighted by molar-refractivity contribution is -0.147. The number of carbonyl (C=O) groups is 2. The van der Waals surface area contributed by atoms with Crippen molar-refractivity contribution in [2.75, 3.05) is 18.1 Å². The SMILES string of the molecule is O=C(Cc1cccc(Br)c1)OCC(=O)N1CCCc2ccccc21. The van der Waals surface area contributed by atoms with Crippen LogP contribution in [-0.2, 0) is 27.2 Å². The highest BCUT2D eigenvalue weighted by molar-refractivity contribution is 9.10. The summed E-state index contributed by atoms with van der Waals surface area (Å²) in [5, 5.41) is 0. The van der Waals surface area contributed by atoms with Crippen molar-refractivity contribution in [3.63, 3.8) is 0 Å². The van der Waals surface area contributed by atoms with Crippen LogP contribution in [0.5, 0.6) is 0 Å². The average molecular weight is 388 g/mol. The standard InChI is InChI=1S/C19H18BrNO3/c20-16-8-3-5-14(11-16)12-19(23)24-13-18(22)21-10-4-7-15-6-1-2-9-17(15)21/h1-3,5-6,8-9,11H,4,7,10,12-13H2. The Bertz CT molecular complexity index is 760. The molecule has 3 rings (SSSR count). The molecule has 5 heteroatoms. The van der Waals surface area contributed by atoms with Gasteiger partial charge in [0.05, 0.1) is 6.42 Å². The van der Waals surface area contributed by atoms with Gasteiger partial charge in [-0.1, -0.05) is 46.3 Å². The van der Waals surface area contributed by atoms with Gasteiger partial charge in [0.2, 0.25) is 0 Å². The second kappa shape index (κ2) is 7.62. The van der Waals surface area contributed by atoms with E-state index in [1.54, 1.807) is 4.90 Å². The normalized spacial score (nSPS) is 13.3. The molecule has 1 aliphatic heterocycles. The number of fused-ring (bicyclic) bond motifs is 1. The molecule has 4 nitrogen and oxygen atoms in total. The van der Waals surface area contributed by atoms with E-state index < -0.39 is 5.97 Å². The fourth-order valence-corrected chi connectivity index (χ4v) is 3.32. The number of benzene rings is 2. The van der Waals surface area contributed by atoms with Gasteiger partial charge in [-0.25, -0.2) is 0 Å². The van der Waals surface area contributed by atoms with Crippen molar-refractivity contribution >= 4 is 33.5 Å². The number of carbonyl (C=O) groups excluding carboxylic acids is 2. The molecule has 0 fully saturated rings. The van der Waals surface area contributed by atoms with Crippen LogP contribution in [0.2, 0.25) is 0 Å². The van der Waals surface area contributed by atoms with Gasteiger partial charge in [0.25, 0.3) is 5.91 Å². The van der Waals surface area contributed by atoms with Gasteiger partial charge in [-0.15, -0.1) is 0 Å². The third-order valence-electron chi connectivity index (χ3n) is 4.01. The van der Waals surface area contributed by atoms with E-state index in [1.807, 2.05) is 48.5 Å². The lowest BCUT2D eigenvalue weighted by Gasteiger charge is -2.29. The summed E-state index contributed by atoms with van der Waals surface area (Å²) in [6.45, 7) is 0.445. The van der Waals surface area contributed by atoms with Crippen molar-refractivity contribution in [2.45, 2.75) is 19.3 Å². The molecule has 2 aromatic carbocycles. The number of esters is 1. The number of amides is 1. The van der Waals surface area contributed by atoms with Crippen LogP contribution in [0.25, 0.3) is 0 Å². The van der Waals surface area contributed by atoms with Gasteiger partial charge in [0.1, 0.15) is 0 Å². The van der Waals surface area contributed by atoms with Crippen LogP contribution < -0.4 is 4.90 Å². The minimum absolute atomic E-state index is 0.156. The number of aryl methyl sites for hydroxylation is 1. The second-order valence-corrected chi connectivity index (χ2v) is 6.66. The first-order valence-corrected chi connectivity index (χ1v) is 8.71. The summed E-state index contributed by atoms with van der Waals surface area (Å²) < 4.78 is 6.08. The van der Waals surface area contributed by atoms with E-state index in [1.165, 1.54) is 0 Å². The Balaban J connectivity index is 1.57. The summed E-state index contributed by atoms with van der Waals surface area (Å²) in [5.74, 6) is -0.573. The first-order chi connectivity index (χ1) is 11.6. The van der Waals surface area contributed by atoms with E-state index >= 15 is 0 Å². The molecule has 0 aromatic heterocycles. The topological polar surface area (TPSA) is 46.6 Å². The Morgan fingerprint density at radius 3 is 2.79 bits per heavy atom. The smallest absolute Gasteiger partial charge is 0.310 e. The largest absolute Gasteiger partial charge is 0.455 e. The zero-order valence-corrected chi connectivity index (χ0v) is 14.8. The van der Waals surface area contributed by atoms with Crippen LogP contribution in [0, 0.1) is 0 Å². The summed E-state index contributed by atoms with van der Waals surface area (Å²) >= 11 is 3.37. The average Bonchev–Trinajstić information content (AvgIpc) is 2.59. The van der Waals surface area contributed by atoms with Crippen molar-refractivity contribution in [2.24, 2.45) is 0 Å². The summed E-state index contributed by atoms with van der Waals surface area (Å²) in [4.78, 5) is 26.1. The van der Waals surface area contributed by atoms with Crippen LogP contribution in [0.3, 0.4) is 0 Å². The number of rotatable bonds is 4. The van der Waals surface area contributed by atoms with Crippen LogP contribution in [-0.4, -0.2) is 25.0 Å². The molecule has 0 bridgehead atoms. The summed E-state index contributed by atoms with van der Waals surface area (Å²) in [6, 6.07) is 15.4. The third-order valence-corrected chi connectivity index (χ3v) is 4.50. The maximum Gasteiger partial charge on any atom is 0.310 e. The van der Waals surface area contributed by atoms with Gasteiger partial charge in [-0.2, -0.15) is 0 Å². The lowest BCUT2D eigenvalue weighted by atomic mass is 10.0. The number of halogens is 1. The molecule has 0 atom stereocenters. The number of anilines is 1. The van der Waals surface area contributed by atoms with Crippen LogP contribution in [0.15, 0.2) is 53.0 Å². The highest BCUT2D eigenvalue weighted by Gasteiger charge is 2.23. The molecular formula is C19H18BrNO3. The minimum atomic E-state index is -0.397. The second-order valence-electron chi connectivity index (χ2n) is 5.75. The fourth-order valence-electron chi connectivity index (χ4n) is 2.88. The highest BCUT2D eigenvalue weighted by atomic mass is 79.9. The number of para-hydroxylation sites is 1. The predicted octanol–water partition coefficient (Wildman–Crippen LogP) is 3.51. The Morgan fingerprint density at radius 1 is 1.12 bits per heavy atom. The first kappa shape index (κ1) is 16.7. The quantitative estimate of drug-likeness (QED) is 0.754. The summed E-state index contributed by atoms with van der Waals surface area (Å²) in [6.07, 6.45) is 2.06. The molecule has 0 aliphatic carbocycles. The Kier molecular flexibility index (Phi) is 5.30. The Morgan fingerprint density at radius 2 is 1.96 bits per heavy atom. The number of hydrogen-bond acceptors (Lipinski definition) is 3. The maximum atomic E-state index is 12.4. The van der Waals surface area contributed by atoms with Crippen molar-refractivity contribution in [3.8, 4) is 0 Å². The molecule has 1 amide bonds. The summed E-state index contributed by atoms with van der Waals surface area (Å²) in [7, 11) is 0. The van der Waals surface area contributed by atoms with Crippen molar-refractivity contribution < 1.29 is 14.3 Å². The van der Waals surface area contributed by atoms with Gasteiger partial charge < -0.3 is 9.64 Å². The van der Waals surface area contributed by atoms with Gasteiger partial charge in [-0.3, -0.25) is 9.59 Å². The molecule has 0 unspecified atom stereocenters. The van der Waals surface area contributed by atoms with E-state index in [-0.39, 0.29) is 18.9 Å². The molecule has 0 saturated heterocycles. The number of nitrogens with zero attached hydrogens (tertiary/aromatic N) is 1. The molecule has 1 aliphatic rings. The molecular weight excluding hydrogens is 370 g/mol. The Labute approximate surface area is 149 Å². The Hall–Kier alpha value is -2.14. The predicted molar refractivity (Wildman–Crippen MR) is 95.9 cm³/mol. The summed E-state index contributed by atoms with van der Waals surface area (Å²) in [5.41, 5.74) is 2.94. The van der Waals surface area contributed by atoms with E-state index in [4.69, 9.17) is 4.74 Å². The van der Waals surface area contributed by atoms with Crippen LogP contribution in [0.4, 0.5) is 5.69 Å². The highest BCUT2D eigenvalue weighted by Crippen LogP contribution is 2.26. The monoisotopic (exact) mass is 387 g/mol. The molecule has 0 saturated carbocycles. The van der Waals surface area contributed by atoms with E-state index in [0.717, 1.165) is 34.1 Å². The minimum Gasteiger partial charge on any atom is -0.455 e. The molecule has 124 valence electrons.